The Bertz CT molecular complexity index is 464. The minimum Gasteiger partial charge on any atom is -0.295 e. The summed E-state index contributed by atoms with van der Waals surface area (Å²) in [5.74, 6) is 1.01. The molecule has 0 aliphatic heterocycles. The maximum atomic E-state index is 11.6. The number of benzene rings is 1. The molecule has 0 amide bonds. The standard InChI is InChI=1S/C16H18O/c1-12-7-15(17)11-16(8-12)9-14(10-16)13-5-3-2-4-6-13/h2-7,14H,8-11H2,1H3. The Morgan fingerprint density at radius 2 is 1.82 bits per heavy atom. The van der Waals surface area contributed by atoms with E-state index < -0.39 is 0 Å². The van der Waals surface area contributed by atoms with Gasteiger partial charge in [-0.15, -0.1) is 0 Å². The average Bonchev–Trinajstić information content (AvgIpc) is 2.25. The van der Waals surface area contributed by atoms with E-state index in [1.165, 1.54) is 24.0 Å². The van der Waals surface area contributed by atoms with E-state index in [9.17, 15) is 4.79 Å². The summed E-state index contributed by atoms with van der Waals surface area (Å²) < 4.78 is 0. The first-order valence-electron chi connectivity index (χ1n) is 6.42. The van der Waals surface area contributed by atoms with E-state index >= 15 is 0 Å². The monoisotopic (exact) mass is 226 g/mol. The summed E-state index contributed by atoms with van der Waals surface area (Å²) in [5, 5.41) is 0. The molecule has 1 saturated carbocycles. The molecule has 1 fully saturated rings. The van der Waals surface area contributed by atoms with Crippen molar-refractivity contribution < 1.29 is 4.79 Å². The van der Waals surface area contributed by atoms with Gasteiger partial charge in [-0.25, -0.2) is 0 Å². The zero-order chi connectivity index (χ0) is 11.9. The quantitative estimate of drug-likeness (QED) is 0.710. The molecule has 3 rings (SSSR count). The molecule has 0 bridgehead atoms. The zero-order valence-corrected chi connectivity index (χ0v) is 10.3. The Morgan fingerprint density at radius 3 is 2.47 bits per heavy atom. The van der Waals surface area contributed by atoms with Crippen LogP contribution >= 0.6 is 0 Å². The van der Waals surface area contributed by atoms with Gasteiger partial charge in [-0.2, -0.15) is 0 Å². The first kappa shape index (κ1) is 10.8. The third-order valence-corrected chi connectivity index (χ3v) is 4.24. The SMILES string of the molecule is CC1=CC(=O)CC2(C1)CC(c1ccccc1)C2. The van der Waals surface area contributed by atoms with Crippen molar-refractivity contribution in [2.24, 2.45) is 5.41 Å². The lowest BCUT2D eigenvalue weighted by molar-refractivity contribution is -0.119. The van der Waals surface area contributed by atoms with E-state index in [4.69, 9.17) is 0 Å². The van der Waals surface area contributed by atoms with Crippen molar-refractivity contribution in [3.8, 4) is 0 Å². The highest BCUT2D eigenvalue weighted by Gasteiger charge is 2.46. The molecular weight excluding hydrogens is 208 g/mol. The lowest BCUT2D eigenvalue weighted by Gasteiger charge is -2.49. The molecule has 1 aromatic rings. The fourth-order valence-corrected chi connectivity index (χ4v) is 3.64. The molecule has 0 aromatic heterocycles. The molecule has 0 N–H and O–H groups in total. The summed E-state index contributed by atoms with van der Waals surface area (Å²) in [4.78, 5) is 11.6. The van der Waals surface area contributed by atoms with Gasteiger partial charge >= 0.3 is 0 Å². The maximum Gasteiger partial charge on any atom is 0.156 e. The van der Waals surface area contributed by atoms with Gasteiger partial charge < -0.3 is 0 Å². The molecule has 1 spiro atoms. The Kier molecular flexibility index (Phi) is 2.43. The predicted octanol–water partition coefficient (Wildman–Crippen LogP) is 3.86. The smallest absolute Gasteiger partial charge is 0.156 e. The Hall–Kier alpha value is -1.37. The fraction of sp³-hybridized carbons (Fsp3) is 0.438. The molecular formula is C16H18O. The Morgan fingerprint density at radius 1 is 1.12 bits per heavy atom. The van der Waals surface area contributed by atoms with E-state index in [1.54, 1.807) is 0 Å². The molecule has 2 aliphatic rings. The summed E-state index contributed by atoms with van der Waals surface area (Å²) in [5.41, 5.74) is 3.02. The Labute approximate surface area is 103 Å². The van der Waals surface area contributed by atoms with Crippen LogP contribution < -0.4 is 0 Å². The number of carbonyl (C=O) groups excluding carboxylic acids is 1. The first-order chi connectivity index (χ1) is 8.17. The van der Waals surface area contributed by atoms with Crippen LogP contribution in [0, 0.1) is 5.41 Å². The van der Waals surface area contributed by atoms with Crippen molar-refractivity contribution in [2.75, 3.05) is 0 Å². The third-order valence-electron chi connectivity index (χ3n) is 4.24. The molecule has 17 heavy (non-hydrogen) atoms. The number of allylic oxidation sites excluding steroid dienone is 2. The molecule has 1 heteroatoms. The second-order valence-electron chi connectivity index (χ2n) is 5.83. The highest BCUT2D eigenvalue weighted by molar-refractivity contribution is 5.92. The van der Waals surface area contributed by atoms with E-state index in [-0.39, 0.29) is 0 Å². The number of ketones is 1. The summed E-state index contributed by atoms with van der Waals surface area (Å²) in [6.07, 6.45) is 6.11. The van der Waals surface area contributed by atoms with Crippen LogP contribution in [0.2, 0.25) is 0 Å². The van der Waals surface area contributed by atoms with Crippen molar-refractivity contribution in [2.45, 2.75) is 38.5 Å². The largest absolute Gasteiger partial charge is 0.295 e. The van der Waals surface area contributed by atoms with E-state index in [1.807, 2.05) is 6.08 Å². The zero-order valence-electron chi connectivity index (χ0n) is 10.3. The molecule has 0 unspecified atom stereocenters. The van der Waals surface area contributed by atoms with Crippen LogP contribution in [0.15, 0.2) is 42.0 Å². The van der Waals surface area contributed by atoms with Crippen LogP contribution in [0.1, 0.15) is 44.1 Å². The molecule has 0 atom stereocenters. The molecule has 0 saturated heterocycles. The highest BCUT2D eigenvalue weighted by Crippen LogP contribution is 2.57. The number of carbonyl (C=O) groups is 1. The molecule has 0 heterocycles. The summed E-state index contributed by atoms with van der Waals surface area (Å²) >= 11 is 0. The van der Waals surface area contributed by atoms with Crippen LogP contribution in [0.25, 0.3) is 0 Å². The highest BCUT2D eigenvalue weighted by atomic mass is 16.1. The van der Waals surface area contributed by atoms with Crippen LogP contribution in [0.4, 0.5) is 0 Å². The average molecular weight is 226 g/mol. The number of hydrogen-bond acceptors (Lipinski definition) is 1. The van der Waals surface area contributed by atoms with Crippen LogP contribution in [0.5, 0.6) is 0 Å². The van der Waals surface area contributed by atoms with Crippen molar-refractivity contribution in [3.05, 3.63) is 47.5 Å². The van der Waals surface area contributed by atoms with Crippen LogP contribution in [0.3, 0.4) is 0 Å². The van der Waals surface area contributed by atoms with Crippen molar-refractivity contribution >= 4 is 5.78 Å². The van der Waals surface area contributed by atoms with Gasteiger partial charge in [0.15, 0.2) is 5.78 Å². The molecule has 1 aromatic carbocycles. The van der Waals surface area contributed by atoms with Crippen LogP contribution in [-0.2, 0) is 4.79 Å². The van der Waals surface area contributed by atoms with E-state index in [2.05, 4.69) is 37.3 Å². The lowest BCUT2D eigenvalue weighted by atomic mass is 9.54. The second kappa shape index (κ2) is 3.83. The summed E-state index contributed by atoms with van der Waals surface area (Å²) in [6, 6.07) is 10.7. The van der Waals surface area contributed by atoms with Gasteiger partial charge in [0.1, 0.15) is 0 Å². The maximum absolute atomic E-state index is 11.6. The first-order valence-corrected chi connectivity index (χ1v) is 6.42. The van der Waals surface area contributed by atoms with Crippen molar-refractivity contribution in [1.82, 2.24) is 0 Å². The minimum absolute atomic E-state index is 0.302. The van der Waals surface area contributed by atoms with Gasteiger partial charge in [-0.1, -0.05) is 35.9 Å². The Balaban J connectivity index is 1.72. The normalized spacial score (nSPS) is 32.2. The molecule has 0 radical (unpaired) electrons. The van der Waals surface area contributed by atoms with Gasteiger partial charge in [0, 0.05) is 6.42 Å². The molecule has 2 aliphatic carbocycles. The van der Waals surface area contributed by atoms with Gasteiger partial charge in [-0.3, -0.25) is 4.79 Å². The van der Waals surface area contributed by atoms with Crippen molar-refractivity contribution in [3.63, 3.8) is 0 Å². The number of hydrogen-bond donors (Lipinski definition) is 0. The topological polar surface area (TPSA) is 17.1 Å². The van der Waals surface area contributed by atoms with E-state index in [0.717, 1.165) is 12.8 Å². The number of rotatable bonds is 1. The summed E-state index contributed by atoms with van der Waals surface area (Å²) in [6.45, 7) is 2.09. The van der Waals surface area contributed by atoms with E-state index in [0.29, 0.717) is 17.1 Å². The predicted molar refractivity (Wildman–Crippen MR) is 68.8 cm³/mol. The fourth-order valence-electron chi connectivity index (χ4n) is 3.64. The second-order valence-corrected chi connectivity index (χ2v) is 5.83. The summed E-state index contributed by atoms with van der Waals surface area (Å²) in [7, 11) is 0. The van der Waals surface area contributed by atoms with Gasteiger partial charge in [0.05, 0.1) is 0 Å². The van der Waals surface area contributed by atoms with Gasteiger partial charge in [-0.05, 0) is 49.2 Å². The van der Waals surface area contributed by atoms with Crippen LogP contribution in [-0.4, -0.2) is 5.78 Å². The lowest BCUT2D eigenvalue weighted by Crippen LogP contribution is -2.39. The third kappa shape index (κ3) is 1.95. The van der Waals surface area contributed by atoms with Crippen molar-refractivity contribution in [1.29, 1.82) is 0 Å². The molecule has 88 valence electrons. The minimum atomic E-state index is 0.302. The van der Waals surface area contributed by atoms with Gasteiger partial charge in [0.2, 0.25) is 0 Å². The molecule has 1 nitrogen and oxygen atoms in total. The van der Waals surface area contributed by atoms with Gasteiger partial charge in [0.25, 0.3) is 0 Å².